The van der Waals surface area contributed by atoms with Gasteiger partial charge in [-0.25, -0.2) is 4.57 Å². The van der Waals surface area contributed by atoms with E-state index in [2.05, 4.69) is 0 Å². The number of nitrogens with two attached hydrogens (primary N) is 1. The van der Waals surface area contributed by atoms with Crippen molar-refractivity contribution >= 4 is 77.8 Å². The first-order chi connectivity index (χ1) is 5.48. The Bertz CT molecular complexity index is 181. The maximum absolute atomic E-state index is 8.88. The molecule has 0 rings (SSSR count). The number of hydrogen-bond acceptors (Lipinski definition) is 5. The van der Waals surface area contributed by atoms with Crippen molar-refractivity contribution in [2.45, 2.75) is 25.4 Å². The van der Waals surface area contributed by atoms with Crippen molar-refractivity contribution in [2.24, 2.45) is 5.73 Å². The van der Waals surface area contributed by atoms with Gasteiger partial charge in [0, 0.05) is 0 Å². The summed E-state index contributed by atoms with van der Waals surface area (Å²) < 4.78 is 8.88. The zero-order valence-electron chi connectivity index (χ0n) is 7.40. The fourth-order valence-corrected chi connectivity index (χ4v) is 0.274. The molecule has 0 heterocycles. The molecule has 0 aromatic rings. The fourth-order valence-electron chi connectivity index (χ4n) is 0.274. The zero-order chi connectivity index (χ0) is 11.3. The van der Waals surface area contributed by atoms with E-state index in [-0.39, 0.29) is 75.4 Å². The van der Waals surface area contributed by atoms with Crippen molar-refractivity contribution < 1.29 is 40.0 Å². The molecule has 102 valence electrons. The average Bonchev–Trinajstić information content (AvgIpc) is 1.80. The molecule has 0 saturated carbocycles. The van der Waals surface area contributed by atoms with Gasteiger partial charge in [-0.1, -0.05) is 6.92 Å². The van der Waals surface area contributed by atoms with E-state index in [1.165, 1.54) is 0 Å². The molecule has 1 atom stereocenters. The van der Waals surface area contributed by atoms with Crippen LogP contribution >= 0.6 is 7.82 Å². The van der Waals surface area contributed by atoms with Crippen molar-refractivity contribution in [1.29, 1.82) is 0 Å². The van der Waals surface area contributed by atoms with Gasteiger partial charge in [-0.15, -0.1) is 0 Å². The second kappa shape index (κ2) is 16.3. The predicted molar refractivity (Wildman–Crippen MR) is 71.2 cm³/mol. The Morgan fingerprint density at radius 3 is 1.41 bits per heavy atom. The van der Waals surface area contributed by atoms with Crippen LogP contribution in [0.2, 0.25) is 0 Å². The molecule has 0 aromatic heterocycles. The molecular weight excluding hydrogens is 295 g/mol. The molecule has 0 aliphatic rings. The van der Waals surface area contributed by atoms with E-state index in [0.717, 1.165) is 0 Å². The Morgan fingerprint density at radius 1 is 1.24 bits per heavy atom. The first-order valence-corrected chi connectivity index (χ1v) is 4.76. The number of aliphatic hydroxyl groups is 3. The SMILES string of the molecule is CCC(N)C(O)(O)O.O.O=P(O)(O)O.[AlH3].[MgH2].[NaH]. The van der Waals surface area contributed by atoms with Gasteiger partial charge in [-0.2, -0.15) is 0 Å². The molecule has 0 saturated heterocycles. The molecule has 0 fully saturated rings. The fraction of sp³-hybridized carbons (Fsp3) is 1.00. The maximum atomic E-state index is 8.88. The number of rotatable bonds is 2. The van der Waals surface area contributed by atoms with Crippen LogP contribution in [0.25, 0.3) is 0 Å². The van der Waals surface area contributed by atoms with E-state index < -0.39 is 19.8 Å². The molecule has 0 bridgehead atoms. The Morgan fingerprint density at radius 2 is 1.41 bits per heavy atom. The van der Waals surface area contributed by atoms with E-state index in [4.69, 9.17) is 40.3 Å². The van der Waals surface area contributed by atoms with Gasteiger partial charge in [-0.05, 0) is 6.42 Å². The third kappa shape index (κ3) is 45.9. The average molecular weight is 317 g/mol. The number of hydrogen-bond donors (Lipinski definition) is 7. The Labute approximate surface area is 148 Å². The normalized spacial score (nSPS) is 11.1. The zero-order valence-corrected chi connectivity index (χ0v) is 8.29. The van der Waals surface area contributed by atoms with Gasteiger partial charge in [-0.3, -0.25) is 0 Å². The van der Waals surface area contributed by atoms with Crippen molar-refractivity contribution in [3.8, 4) is 0 Å². The summed E-state index contributed by atoms with van der Waals surface area (Å²) in [6, 6.07) is -0.984. The van der Waals surface area contributed by atoms with E-state index in [1.54, 1.807) is 6.92 Å². The summed E-state index contributed by atoms with van der Waals surface area (Å²) >= 11 is 0. The van der Waals surface area contributed by atoms with Gasteiger partial charge in [0.05, 0.1) is 6.04 Å². The number of phosphoric acid groups is 1. The van der Waals surface area contributed by atoms with E-state index >= 15 is 0 Å². The summed E-state index contributed by atoms with van der Waals surface area (Å²) in [4.78, 5) is 21.6. The van der Waals surface area contributed by atoms with E-state index in [1.807, 2.05) is 0 Å². The predicted octanol–water partition coefficient (Wildman–Crippen LogP) is -6.15. The molecule has 10 N–H and O–H groups in total. The Hall–Kier alpha value is 2.21. The minimum absolute atomic E-state index is 0. The van der Waals surface area contributed by atoms with Crippen LogP contribution in [0.1, 0.15) is 13.3 Å². The monoisotopic (exact) mass is 317 g/mol. The molecule has 0 aliphatic heterocycles. The van der Waals surface area contributed by atoms with Crippen LogP contribution in [0.5, 0.6) is 0 Å². The van der Waals surface area contributed by atoms with Crippen LogP contribution in [0.4, 0.5) is 0 Å². The summed E-state index contributed by atoms with van der Waals surface area (Å²) in [6.45, 7) is 1.64. The Balaban J connectivity index is -0.0000000306. The van der Waals surface area contributed by atoms with Crippen LogP contribution in [-0.2, 0) is 4.57 Å². The first kappa shape index (κ1) is 36.5. The molecule has 0 radical (unpaired) electrons. The molecule has 9 nitrogen and oxygen atoms in total. The summed E-state index contributed by atoms with van der Waals surface area (Å²) in [5.41, 5.74) is 5.00. The summed E-state index contributed by atoms with van der Waals surface area (Å²) in [7, 11) is -4.64. The molecule has 0 spiro atoms. The van der Waals surface area contributed by atoms with Gasteiger partial charge in [0.25, 0.3) is 5.97 Å². The topological polar surface area (TPSA) is 196 Å². The van der Waals surface area contributed by atoms with Crippen LogP contribution < -0.4 is 5.73 Å². The summed E-state index contributed by atoms with van der Waals surface area (Å²) in [5.74, 6) is -2.71. The molecule has 0 aromatic carbocycles. The standard InChI is InChI=1S/C4H11NO3.Al.Mg.Na.H3O4P.H2O.6H/c1-2-3(5)4(6,7)8;;;;1-5(2,3)4;;;;;;;/h3,6-8H,2,5H2,1H3;;;;(H3,1,2,3,4);1H2;;;;;;. The van der Waals surface area contributed by atoms with Gasteiger partial charge >= 0.3 is 60.4 Å². The van der Waals surface area contributed by atoms with Gasteiger partial charge in [0.1, 0.15) is 0 Å². The van der Waals surface area contributed by atoms with Crippen molar-refractivity contribution in [1.82, 2.24) is 0 Å². The van der Waals surface area contributed by atoms with Gasteiger partial charge in [0.2, 0.25) is 0 Å². The minimum atomic E-state index is -4.64. The van der Waals surface area contributed by atoms with Crippen molar-refractivity contribution in [2.75, 3.05) is 0 Å². The van der Waals surface area contributed by atoms with Crippen molar-refractivity contribution in [3.05, 3.63) is 0 Å². The third-order valence-corrected chi connectivity index (χ3v) is 0.937. The molecule has 0 aliphatic carbocycles. The van der Waals surface area contributed by atoms with Gasteiger partial charge in [0.15, 0.2) is 17.4 Å². The van der Waals surface area contributed by atoms with E-state index in [0.29, 0.717) is 6.42 Å². The molecule has 17 heavy (non-hydrogen) atoms. The quantitative estimate of drug-likeness (QED) is 0.148. The Kier molecular flexibility index (Phi) is 34.9. The van der Waals surface area contributed by atoms with Gasteiger partial charge < -0.3 is 41.2 Å². The third-order valence-electron chi connectivity index (χ3n) is 0.937. The van der Waals surface area contributed by atoms with E-state index in [9.17, 15) is 0 Å². The van der Waals surface area contributed by atoms with Crippen LogP contribution in [-0.4, -0.2) is 117 Å². The molecule has 0 amide bonds. The summed E-state index contributed by atoms with van der Waals surface area (Å²) in [5, 5.41) is 24.8. The first-order valence-electron chi connectivity index (χ1n) is 3.19. The van der Waals surface area contributed by atoms with Crippen molar-refractivity contribution in [3.63, 3.8) is 0 Å². The van der Waals surface area contributed by atoms with Crippen LogP contribution in [0, 0.1) is 0 Å². The second-order valence-electron chi connectivity index (χ2n) is 2.22. The molecule has 13 heteroatoms. The van der Waals surface area contributed by atoms with Crippen LogP contribution in [0.15, 0.2) is 0 Å². The summed E-state index contributed by atoms with van der Waals surface area (Å²) in [6.07, 6.45) is 0.323. The molecule has 1 unspecified atom stereocenters. The van der Waals surface area contributed by atoms with Crippen LogP contribution in [0.3, 0.4) is 0 Å². The second-order valence-corrected chi connectivity index (χ2v) is 3.24. The molecular formula is C4H22AlMgNNaO8P.